The smallest absolute Gasteiger partial charge is 0.141 e. The van der Waals surface area contributed by atoms with Crippen molar-refractivity contribution in [3.8, 4) is 6.07 Å². The Balaban J connectivity index is 2.34. The summed E-state index contributed by atoms with van der Waals surface area (Å²) in [6, 6.07) is 5.94. The first kappa shape index (κ1) is 15.4. The number of anilines is 1. The van der Waals surface area contributed by atoms with E-state index >= 15 is 0 Å². The SMILES string of the molecule is CCCCOCC(O)CNc1ccc(F)c(C#N)c1. The first-order valence-corrected chi connectivity index (χ1v) is 6.36. The Kier molecular flexibility index (Phi) is 6.86. The molecular formula is C14H19FN2O2. The molecule has 0 aliphatic heterocycles. The van der Waals surface area contributed by atoms with Crippen molar-refractivity contribution >= 4 is 5.69 Å². The molecule has 0 bridgehead atoms. The Labute approximate surface area is 112 Å². The Morgan fingerprint density at radius 3 is 3.00 bits per heavy atom. The predicted molar refractivity (Wildman–Crippen MR) is 71.3 cm³/mol. The molecule has 0 amide bonds. The van der Waals surface area contributed by atoms with E-state index in [4.69, 9.17) is 10.00 Å². The number of unbranched alkanes of at least 4 members (excludes halogenated alkanes) is 1. The van der Waals surface area contributed by atoms with E-state index in [0.29, 0.717) is 18.8 Å². The van der Waals surface area contributed by atoms with Crippen LogP contribution in [0.4, 0.5) is 10.1 Å². The summed E-state index contributed by atoms with van der Waals surface area (Å²) in [5.74, 6) is -0.545. The molecule has 4 nitrogen and oxygen atoms in total. The van der Waals surface area contributed by atoms with E-state index in [1.165, 1.54) is 18.2 Å². The van der Waals surface area contributed by atoms with Crippen LogP contribution in [0.15, 0.2) is 18.2 Å². The van der Waals surface area contributed by atoms with Gasteiger partial charge in [0.1, 0.15) is 11.9 Å². The quantitative estimate of drug-likeness (QED) is 0.708. The van der Waals surface area contributed by atoms with Gasteiger partial charge in [0.2, 0.25) is 0 Å². The van der Waals surface area contributed by atoms with Gasteiger partial charge in [-0.05, 0) is 24.6 Å². The minimum atomic E-state index is -0.632. The van der Waals surface area contributed by atoms with Crippen LogP contribution in [0.3, 0.4) is 0 Å². The molecule has 0 aromatic heterocycles. The lowest BCUT2D eigenvalue weighted by Crippen LogP contribution is -2.25. The van der Waals surface area contributed by atoms with Crippen LogP contribution in [-0.4, -0.2) is 31.0 Å². The van der Waals surface area contributed by atoms with Gasteiger partial charge in [0.25, 0.3) is 0 Å². The number of aliphatic hydroxyl groups is 1. The Morgan fingerprint density at radius 2 is 2.32 bits per heavy atom. The third-order valence-electron chi connectivity index (χ3n) is 2.58. The number of aliphatic hydroxyl groups excluding tert-OH is 1. The topological polar surface area (TPSA) is 65.3 Å². The van der Waals surface area contributed by atoms with Crippen LogP contribution in [0.5, 0.6) is 0 Å². The molecule has 0 saturated heterocycles. The predicted octanol–water partition coefficient (Wildman–Crippen LogP) is 2.29. The van der Waals surface area contributed by atoms with Gasteiger partial charge < -0.3 is 15.2 Å². The molecule has 0 aliphatic rings. The zero-order valence-electron chi connectivity index (χ0n) is 11.0. The second-order valence-corrected chi connectivity index (χ2v) is 4.27. The Morgan fingerprint density at radius 1 is 1.53 bits per heavy atom. The van der Waals surface area contributed by atoms with Gasteiger partial charge in [-0.25, -0.2) is 4.39 Å². The van der Waals surface area contributed by atoms with Crippen molar-refractivity contribution in [2.75, 3.05) is 25.1 Å². The summed E-state index contributed by atoms with van der Waals surface area (Å²) in [5, 5.41) is 21.3. The van der Waals surface area contributed by atoms with Gasteiger partial charge >= 0.3 is 0 Å². The molecule has 1 aromatic carbocycles. The summed E-state index contributed by atoms with van der Waals surface area (Å²) in [5.41, 5.74) is 0.587. The maximum Gasteiger partial charge on any atom is 0.141 e. The summed E-state index contributed by atoms with van der Waals surface area (Å²) < 4.78 is 18.4. The van der Waals surface area contributed by atoms with Crippen molar-refractivity contribution in [3.63, 3.8) is 0 Å². The van der Waals surface area contributed by atoms with E-state index in [0.717, 1.165) is 12.8 Å². The van der Waals surface area contributed by atoms with Crippen molar-refractivity contribution in [1.82, 2.24) is 0 Å². The third kappa shape index (κ3) is 5.69. The van der Waals surface area contributed by atoms with Gasteiger partial charge in [-0.15, -0.1) is 0 Å². The van der Waals surface area contributed by atoms with E-state index in [2.05, 4.69) is 12.2 Å². The van der Waals surface area contributed by atoms with Crippen LogP contribution in [0.1, 0.15) is 25.3 Å². The molecule has 1 atom stereocenters. The third-order valence-corrected chi connectivity index (χ3v) is 2.58. The van der Waals surface area contributed by atoms with E-state index in [-0.39, 0.29) is 12.2 Å². The van der Waals surface area contributed by atoms with Gasteiger partial charge in [0.15, 0.2) is 0 Å². The first-order valence-electron chi connectivity index (χ1n) is 6.36. The number of hydrogen-bond donors (Lipinski definition) is 2. The monoisotopic (exact) mass is 266 g/mol. The molecule has 0 aliphatic carbocycles. The fourth-order valence-electron chi connectivity index (χ4n) is 1.48. The normalized spacial score (nSPS) is 11.9. The number of nitriles is 1. The van der Waals surface area contributed by atoms with E-state index in [1.807, 2.05) is 0 Å². The van der Waals surface area contributed by atoms with Crippen molar-refractivity contribution in [3.05, 3.63) is 29.6 Å². The highest BCUT2D eigenvalue weighted by Crippen LogP contribution is 2.13. The maximum absolute atomic E-state index is 13.1. The fourth-order valence-corrected chi connectivity index (χ4v) is 1.48. The van der Waals surface area contributed by atoms with E-state index in [1.54, 1.807) is 6.07 Å². The molecule has 1 rings (SSSR count). The highest BCUT2D eigenvalue weighted by Gasteiger charge is 2.06. The lowest BCUT2D eigenvalue weighted by Gasteiger charge is -2.13. The van der Waals surface area contributed by atoms with Gasteiger partial charge in [0.05, 0.1) is 18.3 Å². The molecule has 0 spiro atoms. The number of ether oxygens (including phenoxy) is 1. The van der Waals surface area contributed by atoms with Crippen LogP contribution < -0.4 is 5.32 Å². The Bertz CT molecular complexity index is 432. The lowest BCUT2D eigenvalue weighted by molar-refractivity contribution is 0.0422. The molecule has 1 aromatic rings. The van der Waals surface area contributed by atoms with Crippen molar-refractivity contribution in [2.24, 2.45) is 0 Å². The van der Waals surface area contributed by atoms with Crippen LogP contribution in [0, 0.1) is 17.1 Å². The number of hydrogen-bond acceptors (Lipinski definition) is 4. The second kappa shape index (κ2) is 8.46. The second-order valence-electron chi connectivity index (χ2n) is 4.27. The average Bonchev–Trinajstić information content (AvgIpc) is 2.42. The first-order chi connectivity index (χ1) is 9.17. The lowest BCUT2D eigenvalue weighted by atomic mass is 10.2. The standard InChI is InChI=1S/C14H19FN2O2/c1-2-3-6-19-10-13(18)9-17-12-4-5-14(15)11(7-12)8-16/h4-5,7,13,17-18H,2-3,6,9-10H2,1H3. The summed E-state index contributed by atoms with van der Waals surface area (Å²) >= 11 is 0. The van der Waals surface area contributed by atoms with Gasteiger partial charge in [-0.3, -0.25) is 0 Å². The largest absolute Gasteiger partial charge is 0.389 e. The van der Waals surface area contributed by atoms with Crippen molar-refractivity contribution < 1.29 is 14.2 Å². The van der Waals surface area contributed by atoms with Gasteiger partial charge in [-0.1, -0.05) is 13.3 Å². The zero-order chi connectivity index (χ0) is 14.1. The van der Waals surface area contributed by atoms with Crippen LogP contribution in [-0.2, 0) is 4.74 Å². The van der Waals surface area contributed by atoms with Crippen molar-refractivity contribution in [1.29, 1.82) is 5.26 Å². The Hall–Kier alpha value is -1.64. The molecular weight excluding hydrogens is 247 g/mol. The summed E-state index contributed by atoms with van der Waals surface area (Å²) in [6.07, 6.45) is 1.40. The highest BCUT2D eigenvalue weighted by molar-refractivity contribution is 5.49. The fraction of sp³-hybridized carbons (Fsp3) is 0.500. The minimum absolute atomic E-state index is 0.0151. The van der Waals surface area contributed by atoms with Crippen molar-refractivity contribution in [2.45, 2.75) is 25.9 Å². The van der Waals surface area contributed by atoms with E-state index < -0.39 is 11.9 Å². The molecule has 2 N–H and O–H groups in total. The molecule has 5 heteroatoms. The average molecular weight is 266 g/mol. The minimum Gasteiger partial charge on any atom is -0.389 e. The molecule has 19 heavy (non-hydrogen) atoms. The molecule has 0 radical (unpaired) electrons. The molecule has 0 fully saturated rings. The number of nitrogens with one attached hydrogen (secondary N) is 1. The molecule has 0 saturated carbocycles. The summed E-state index contributed by atoms with van der Waals surface area (Å²) in [6.45, 7) is 3.27. The van der Waals surface area contributed by atoms with E-state index in [9.17, 15) is 9.50 Å². The number of nitrogens with zero attached hydrogens (tertiary/aromatic N) is 1. The van der Waals surface area contributed by atoms with Gasteiger partial charge in [0, 0.05) is 18.8 Å². The van der Waals surface area contributed by atoms with Crippen LogP contribution in [0.25, 0.3) is 0 Å². The van der Waals surface area contributed by atoms with Crippen LogP contribution >= 0.6 is 0 Å². The van der Waals surface area contributed by atoms with Crippen LogP contribution in [0.2, 0.25) is 0 Å². The number of halogens is 1. The number of rotatable bonds is 8. The molecule has 0 heterocycles. The zero-order valence-corrected chi connectivity index (χ0v) is 11.0. The molecule has 1 unspecified atom stereocenters. The summed E-state index contributed by atoms with van der Waals surface area (Å²) in [4.78, 5) is 0. The number of benzene rings is 1. The molecule has 104 valence electrons. The highest BCUT2D eigenvalue weighted by atomic mass is 19.1. The maximum atomic E-state index is 13.1. The summed E-state index contributed by atoms with van der Waals surface area (Å²) in [7, 11) is 0. The van der Waals surface area contributed by atoms with Gasteiger partial charge in [-0.2, -0.15) is 5.26 Å².